The lowest BCUT2D eigenvalue weighted by Gasteiger charge is -2.43. The lowest BCUT2D eigenvalue weighted by Crippen LogP contribution is -2.47. The average molecular weight is 682 g/mol. The predicted molar refractivity (Wildman–Crippen MR) is 188 cm³/mol. The van der Waals surface area contributed by atoms with E-state index in [2.05, 4.69) is 38.4 Å². The molecule has 1 N–H and O–H groups in total. The third-order valence-electron chi connectivity index (χ3n) is 10.3. The molecular weight excluding hydrogens is 639 g/mol. The largest absolute Gasteiger partial charge is 0.475 e. The van der Waals surface area contributed by atoms with Crippen LogP contribution in [0.4, 0.5) is 11.8 Å². The molecule has 1 saturated heterocycles. The molecule has 7 rings (SSSR count). The molecule has 49 heavy (non-hydrogen) atoms. The summed E-state index contributed by atoms with van der Waals surface area (Å²) in [6.07, 6.45) is 9.63. The molecule has 256 valence electrons. The summed E-state index contributed by atoms with van der Waals surface area (Å²) in [6, 6.07) is 13.8. The van der Waals surface area contributed by atoms with E-state index in [-0.39, 0.29) is 52.8 Å². The molecule has 12 heteroatoms. The van der Waals surface area contributed by atoms with Crippen LogP contribution in [0, 0.1) is 19.3 Å². The first-order valence-corrected chi connectivity index (χ1v) is 18.6. The Balaban J connectivity index is 1.34. The van der Waals surface area contributed by atoms with Crippen molar-refractivity contribution in [2.45, 2.75) is 89.7 Å². The Morgan fingerprint density at radius 2 is 1.78 bits per heavy atom. The lowest BCUT2D eigenvalue weighted by atomic mass is 9.67. The van der Waals surface area contributed by atoms with Crippen LogP contribution < -0.4 is 14.4 Å². The number of aryl methyl sites for hydroxylation is 2. The van der Waals surface area contributed by atoms with Gasteiger partial charge in [-0.15, -0.1) is 0 Å². The van der Waals surface area contributed by atoms with Gasteiger partial charge in [0.1, 0.15) is 12.4 Å². The van der Waals surface area contributed by atoms with E-state index in [0.29, 0.717) is 23.9 Å². The van der Waals surface area contributed by atoms with Gasteiger partial charge < -0.3 is 14.5 Å². The standard InChI is InChI=1S/C37H43N7O4S/c1-24-9-5-10-25(2)34(24)31-18-33-41-36(40-31)42-49(46,47)30-13-6-12-27(17-30)35(45)44(29(23-48-33)19-37(4)14-8-15-37)22-28-20-38-21-32(39-28)43-16-7-11-26(43)3/h5-6,9-10,12-13,17-18,20-21,26,29H,7-8,11,14-16,19,22-23H2,1-4H3,(H,40,41,42)/t26-,29-/m1/s1. The van der Waals surface area contributed by atoms with Crippen LogP contribution in [0.3, 0.4) is 0 Å². The number of ether oxygens (including phenoxy) is 1. The highest BCUT2D eigenvalue weighted by molar-refractivity contribution is 7.92. The summed E-state index contributed by atoms with van der Waals surface area (Å²) in [5.74, 6) is 0.612. The van der Waals surface area contributed by atoms with Crippen molar-refractivity contribution >= 4 is 27.7 Å². The smallest absolute Gasteiger partial charge is 0.264 e. The van der Waals surface area contributed by atoms with Crippen molar-refractivity contribution in [1.82, 2.24) is 24.8 Å². The van der Waals surface area contributed by atoms with Crippen molar-refractivity contribution in [2.75, 3.05) is 22.8 Å². The number of hydrogen-bond acceptors (Lipinski definition) is 9. The second-order valence-corrected chi connectivity index (χ2v) is 15.8. The number of benzene rings is 2. The van der Waals surface area contributed by atoms with Gasteiger partial charge in [-0.3, -0.25) is 9.78 Å². The van der Waals surface area contributed by atoms with E-state index in [1.807, 2.05) is 32.0 Å². The molecule has 2 aromatic carbocycles. The van der Waals surface area contributed by atoms with Crippen molar-refractivity contribution in [1.29, 1.82) is 0 Å². The van der Waals surface area contributed by atoms with E-state index in [0.717, 1.165) is 61.2 Å². The van der Waals surface area contributed by atoms with Crippen molar-refractivity contribution < 1.29 is 17.9 Å². The Labute approximate surface area is 288 Å². The number of hydrogen-bond donors (Lipinski definition) is 1. The van der Waals surface area contributed by atoms with Gasteiger partial charge in [-0.25, -0.2) is 23.1 Å². The van der Waals surface area contributed by atoms with Crippen LogP contribution in [0.2, 0.25) is 0 Å². The van der Waals surface area contributed by atoms with Crippen LogP contribution in [-0.2, 0) is 16.6 Å². The molecule has 2 aromatic heterocycles. The first-order chi connectivity index (χ1) is 23.5. The summed E-state index contributed by atoms with van der Waals surface area (Å²) in [4.78, 5) is 37.2. The SMILES string of the molecule is Cc1cccc(C)c1-c1cc2nc(n1)NS(=O)(=O)c1cccc(c1)C(=O)N(Cc1cncc(N3CCC[C@H]3C)n1)[C@H](CC1(C)CCC1)CO2. The maximum Gasteiger partial charge on any atom is 0.264 e. The van der Waals surface area contributed by atoms with E-state index in [1.165, 1.54) is 12.1 Å². The average Bonchev–Trinajstić information content (AvgIpc) is 3.50. The molecule has 0 unspecified atom stereocenters. The Morgan fingerprint density at radius 1 is 1.00 bits per heavy atom. The summed E-state index contributed by atoms with van der Waals surface area (Å²) in [6.45, 7) is 9.67. The van der Waals surface area contributed by atoms with Crippen molar-refractivity contribution in [3.8, 4) is 17.1 Å². The van der Waals surface area contributed by atoms with Gasteiger partial charge in [0.05, 0.1) is 41.3 Å². The molecule has 4 aromatic rings. The van der Waals surface area contributed by atoms with E-state index >= 15 is 0 Å². The number of anilines is 2. The van der Waals surface area contributed by atoms with Gasteiger partial charge in [0, 0.05) is 29.8 Å². The van der Waals surface area contributed by atoms with Crippen LogP contribution in [0.1, 0.15) is 79.6 Å². The highest BCUT2D eigenvalue weighted by atomic mass is 32.2. The first kappa shape index (κ1) is 32.9. The van der Waals surface area contributed by atoms with Gasteiger partial charge in [-0.1, -0.05) is 37.6 Å². The summed E-state index contributed by atoms with van der Waals surface area (Å²) < 4.78 is 36.5. The van der Waals surface area contributed by atoms with E-state index in [9.17, 15) is 13.2 Å². The van der Waals surface area contributed by atoms with Crippen molar-refractivity contribution in [2.24, 2.45) is 5.41 Å². The number of aromatic nitrogens is 4. The molecule has 2 aliphatic heterocycles. The molecular formula is C37H43N7O4S. The van der Waals surface area contributed by atoms with Gasteiger partial charge >= 0.3 is 0 Å². The van der Waals surface area contributed by atoms with Crippen LogP contribution >= 0.6 is 0 Å². The number of sulfonamides is 1. The second kappa shape index (κ2) is 13.0. The molecule has 0 spiro atoms. The quantitative estimate of drug-likeness (QED) is 0.248. The maximum atomic E-state index is 14.6. The summed E-state index contributed by atoms with van der Waals surface area (Å²) >= 11 is 0. The monoisotopic (exact) mass is 681 g/mol. The van der Waals surface area contributed by atoms with E-state index in [1.54, 1.807) is 35.5 Å². The van der Waals surface area contributed by atoms with Crippen molar-refractivity contribution in [3.05, 3.63) is 83.3 Å². The minimum absolute atomic E-state index is 0.0338. The molecule has 4 bridgehead atoms. The van der Waals surface area contributed by atoms with Crippen LogP contribution in [-0.4, -0.2) is 64.4 Å². The molecule has 2 fully saturated rings. The Bertz CT molecular complexity index is 1980. The molecule has 4 heterocycles. The maximum absolute atomic E-state index is 14.6. The lowest BCUT2D eigenvalue weighted by molar-refractivity contribution is 0.0349. The van der Waals surface area contributed by atoms with Gasteiger partial charge in [0.15, 0.2) is 0 Å². The van der Waals surface area contributed by atoms with Gasteiger partial charge in [-0.05, 0) is 87.6 Å². The normalized spacial score (nSPS) is 21.4. The second-order valence-electron chi connectivity index (χ2n) is 14.1. The molecule has 1 amide bonds. The molecule has 11 nitrogen and oxygen atoms in total. The summed E-state index contributed by atoms with van der Waals surface area (Å²) in [7, 11) is -4.16. The van der Waals surface area contributed by atoms with Crippen LogP contribution in [0.25, 0.3) is 11.3 Å². The third-order valence-corrected chi connectivity index (χ3v) is 11.6. The fourth-order valence-electron chi connectivity index (χ4n) is 7.45. The number of rotatable bonds is 6. The molecule has 0 radical (unpaired) electrons. The van der Waals surface area contributed by atoms with Crippen LogP contribution in [0.5, 0.6) is 5.88 Å². The van der Waals surface area contributed by atoms with Crippen LogP contribution in [0.15, 0.2) is 65.8 Å². The highest BCUT2D eigenvalue weighted by Crippen LogP contribution is 2.45. The van der Waals surface area contributed by atoms with E-state index < -0.39 is 10.0 Å². The fourth-order valence-corrected chi connectivity index (χ4v) is 8.44. The molecule has 3 aliphatic rings. The Morgan fingerprint density at radius 3 is 2.49 bits per heavy atom. The first-order valence-electron chi connectivity index (χ1n) is 17.1. The van der Waals surface area contributed by atoms with Crippen molar-refractivity contribution in [3.63, 3.8) is 0 Å². The molecule has 1 saturated carbocycles. The van der Waals surface area contributed by atoms with E-state index in [4.69, 9.17) is 9.72 Å². The Kier molecular flexibility index (Phi) is 8.76. The van der Waals surface area contributed by atoms with Gasteiger partial charge in [0.25, 0.3) is 15.9 Å². The predicted octanol–water partition coefficient (Wildman–Crippen LogP) is 6.32. The zero-order valence-corrected chi connectivity index (χ0v) is 29.3. The minimum Gasteiger partial charge on any atom is -0.475 e. The number of carbonyl (C=O) groups excluding carboxylic acids is 1. The highest BCUT2D eigenvalue weighted by Gasteiger charge is 2.38. The van der Waals surface area contributed by atoms with Gasteiger partial charge in [-0.2, -0.15) is 4.98 Å². The fraction of sp³-hybridized carbons (Fsp3) is 0.432. The number of amides is 1. The third kappa shape index (κ3) is 6.83. The molecule has 1 aliphatic carbocycles. The number of fused-ring (bicyclic) bond motifs is 4. The zero-order valence-electron chi connectivity index (χ0n) is 28.5. The number of nitrogens with one attached hydrogen (secondary N) is 1. The Hall–Kier alpha value is -4.58. The number of nitrogens with zero attached hydrogens (tertiary/aromatic N) is 6. The molecule has 2 atom stereocenters. The minimum atomic E-state index is -4.16. The summed E-state index contributed by atoms with van der Waals surface area (Å²) in [5, 5.41) is 0. The topological polar surface area (TPSA) is 131 Å². The zero-order chi connectivity index (χ0) is 34.3. The van der Waals surface area contributed by atoms with Gasteiger partial charge in [0.2, 0.25) is 11.8 Å². The number of carbonyl (C=O) groups is 1. The summed E-state index contributed by atoms with van der Waals surface area (Å²) in [5.41, 5.74) is 4.35.